The van der Waals surface area contributed by atoms with Crippen LogP contribution < -0.4 is 0 Å². The highest BCUT2D eigenvalue weighted by Gasteiger charge is 2.20. The van der Waals surface area contributed by atoms with Gasteiger partial charge in [-0.15, -0.1) is 0 Å². The minimum atomic E-state index is -4.29. The van der Waals surface area contributed by atoms with Crippen LogP contribution in [-0.4, -0.2) is 31.9 Å². The van der Waals surface area contributed by atoms with Gasteiger partial charge in [0.1, 0.15) is 6.16 Å². The molecule has 1 heterocycles. The predicted molar refractivity (Wildman–Crippen MR) is 43.3 cm³/mol. The van der Waals surface area contributed by atoms with Gasteiger partial charge in [0.25, 0.3) is 0 Å². The van der Waals surface area contributed by atoms with Gasteiger partial charge in [-0.05, 0) is 6.07 Å². The van der Waals surface area contributed by atoms with Crippen molar-refractivity contribution in [1.29, 1.82) is 0 Å². The van der Waals surface area contributed by atoms with Crippen LogP contribution in [0, 0.1) is 0 Å². The normalized spacial score (nSPS) is 11.2. The summed E-state index contributed by atoms with van der Waals surface area (Å²) in [7, 11) is -4.29. The van der Waals surface area contributed by atoms with Gasteiger partial charge in [0.2, 0.25) is 0 Å². The second-order valence-electron chi connectivity index (χ2n) is 2.38. The zero-order valence-electron chi connectivity index (χ0n) is 6.49. The van der Waals surface area contributed by atoms with Gasteiger partial charge >= 0.3 is 7.60 Å². The van der Waals surface area contributed by atoms with E-state index in [1.165, 1.54) is 12.3 Å². The average molecular weight is 202 g/mol. The van der Waals surface area contributed by atoms with Crippen LogP contribution in [0.1, 0.15) is 10.4 Å². The molecule has 0 aliphatic rings. The Labute approximate surface area is 73.8 Å². The molecule has 13 heavy (non-hydrogen) atoms. The van der Waals surface area contributed by atoms with E-state index in [1.807, 2.05) is 0 Å². The Morgan fingerprint density at radius 2 is 2.15 bits per heavy atom. The minimum absolute atomic E-state index is 0.151. The Balaban J connectivity index is 2.76. The summed E-state index contributed by atoms with van der Waals surface area (Å²) < 4.78 is 10.5. The molecular weight excluding hydrogens is 195 g/mol. The molecule has 0 aromatic carbocycles. The first-order chi connectivity index (χ1) is 5.99. The first kappa shape index (κ1) is 9.98. The van der Waals surface area contributed by atoms with Gasteiger partial charge in [0.15, 0.2) is 5.78 Å². The maximum absolute atomic E-state index is 11.1. The second-order valence-corrected chi connectivity index (χ2v) is 4.02. The summed E-state index contributed by atoms with van der Waals surface area (Å²) in [4.78, 5) is 28.1. The monoisotopic (exact) mass is 202 g/mol. The molecule has 6 nitrogen and oxygen atoms in total. The largest absolute Gasteiger partial charge is 0.333 e. The van der Waals surface area contributed by atoms with E-state index in [0.717, 1.165) is 6.20 Å². The number of aromatic nitrogens is 2. The molecule has 1 rings (SSSR count). The Hall–Kier alpha value is -1.10. The van der Waals surface area contributed by atoms with E-state index in [4.69, 9.17) is 9.79 Å². The lowest BCUT2D eigenvalue weighted by molar-refractivity contribution is 0.101. The molecule has 2 N–H and O–H groups in total. The molecule has 0 unspecified atom stereocenters. The zero-order valence-corrected chi connectivity index (χ0v) is 7.39. The summed E-state index contributed by atoms with van der Waals surface area (Å²) in [6, 6.07) is 1.35. The zero-order chi connectivity index (χ0) is 9.90. The molecule has 0 fully saturated rings. The number of carbonyl (C=O) groups is 1. The highest BCUT2D eigenvalue weighted by molar-refractivity contribution is 7.52. The van der Waals surface area contributed by atoms with Gasteiger partial charge in [-0.1, -0.05) is 0 Å². The van der Waals surface area contributed by atoms with Crippen LogP contribution in [-0.2, 0) is 4.57 Å². The molecule has 0 aliphatic heterocycles. The van der Waals surface area contributed by atoms with Crippen LogP contribution in [0.5, 0.6) is 0 Å². The fourth-order valence-corrected chi connectivity index (χ4v) is 1.29. The van der Waals surface area contributed by atoms with Crippen LogP contribution in [0.4, 0.5) is 0 Å². The lowest BCUT2D eigenvalue weighted by atomic mass is 10.2. The lowest BCUT2D eigenvalue weighted by Crippen LogP contribution is -2.06. The molecular formula is C6H7N2O4P. The number of hydrogen-bond acceptors (Lipinski definition) is 4. The van der Waals surface area contributed by atoms with Crippen LogP contribution in [0.3, 0.4) is 0 Å². The number of nitrogens with zero attached hydrogens (tertiary/aromatic N) is 2. The average Bonchev–Trinajstić information content (AvgIpc) is 2.03. The van der Waals surface area contributed by atoms with Gasteiger partial charge in [0.05, 0.1) is 12.4 Å². The molecule has 0 aliphatic carbocycles. The third-order valence-corrected chi connectivity index (χ3v) is 1.95. The molecule has 0 radical (unpaired) electrons. The number of ketones is 1. The first-order valence-corrected chi connectivity index (χ1v) is 5.13. The molecule has 0 saturated carbocycles. The van der Waals surface area contributed by atoms with Crippen molar-refractivity contribution in [1.82, 2.24) is 10.2 Å². The summed E-state index contributed by atoms with van der Waals surface area (Å²) in [5.74, 6) is -0.636. The van der Waals surface area contributed by atoms with E-state index in [2.05, 4.69) is 10.2 Å². The lowest BCUT2D eigenvalue weighted by Gasteiger charge is -2.01. The third kappa shape index (κ3) is 3.42. The fourth-order valence-electron chi connectivity index (χ4n) is 0.734. The van der Waals surface area contributed by atoms with E-state index >= 15 is 0 Å². The van der Waals surface area contributed by atoms with Crippen molar-refractivity contribution in [3.05, 3.63) is 24.0 Å². The summed E-state index contributed by atoms with van der Waals surface area (Å²) in [5.41, 5.74) is 0.151. The van der Waals surface area contributed by atoms with Gasteiger partial charge in [0, 0.05) is 5.56 Å². The van der Waals surface area contributed by atoms with Gasteiger partial charge in [-0.2, -0.15) is 10.2 Å². The van der Waals surface area contributed by atoms with Crippen LogP contribution in [0.25, 0.3) is 0 Å². The topological polar surface area (TPSA) is 100 Å². The second kappa shape index (κ2) is 3.74. The van der Waals surface area contributed by atoms with Crippen molar-refractivity contribution in [2.24, 2.45) is 0 Å². The SMILES string of the molecule is O=C(CP(=O)(O)O)c1ccnnc1. The van der Waals surface area contributed by atoms with E-state index in [9.17, 15) is 9.36 Å². The molecule has 1 aromatic heterocycles. The quantitative estimate of drug-likeness (QED) is 0.521. The fraction of sp³-hybridized carbons (Fsp3) is 0.167. The van der Waals surface area contributed by atoms with E-state index in [1.54, 1.807) is 0 Å². The summed E-state index contributed by atoms with van der Waals surface area (Å²) in [6.45, 7) is 0. The van der Waals surface area contributed by atoms with Crippen LogP contribution in [0.2, 0.25) is 0 Å². The number of Topliss-reactive ketones (excluding diaryl/α,β-unsaturated/α-hetero) is 1. The van der Waals surface area contributed by atoms with Crippen LogP contribution in [0.15, 0.2) is 18.5 Å². The van der Waals surface area contributed by atoms with Crippen molar-refractivity contribution < 1.29 is 19.1 Å². The maximum Gasteiger partial charge on any atom is 0.333 e. The minimum Gasteiger partial charge on any atom is -0.324 e. The summed E-state index contributed by atoms with van der Waals surface area (Å²) >= 11 is 0. The molecule has 0 bridgehead atoms. The molecule has 0 spiro atoms. The van der Waals surface area contributed by atoms with Gasteiger partial charge < -0.3 is 9.79 Å². The molecule has 0 saturated heterocycles. The Kier molecular flexibility index (Phi) is 2.87. The molecule has 0 amide bonds. The highest BCUT2D eigenvalue weighted by Crippen LogP contribution is 2.34. The number of rotatable bonds is 3. The van der Waals surface area contributed by atoms with Gasteiger partial charge in [-0.3, -0.25) is 9.36 Å². The highest BCUT2D eigenvalue weighted by atomic mass is 31.2. The summed E-state index contributed by atoms with van der Waals surface area (Å²) in [5, 5.41) is 6.84. The van der Waals surface area contributed by atoms with Crippen molar-refractivity contribution in [2.45, 2.75) is 0 Å². The van der Waals surface area contributed by atoms with Crippen molar-refractivity contribution in [3.63, 3.8) is 0 Å². The molecule has 1 aromatic rings. The third-order valence-electron chi connectivity index (χ3n) is 1.26. The predicted octanol–water partition coefficient (Wildman–Crippen LogP) is -0.163. The molecule has 0 atom stereocenters. The molecule has 7 heteroatoms. The van der Waals surface area contributed by atoms with E-state index in [0.29, 0.717) is 0 Å². The van der Waals surface area contributed by atoms with Crippen molar-refractivity contribution >= 4 is 13.4 Å². The van der Waals surface area contributed by atoms with Crippen molar-refractivity contribution in [3.8, 4) is 0 Å². The van der Waals surface area contributed by atoms with Gasteiger partial charge in [-0.25, -0.2) is 0 Å². The first-order valence-electron chi connectivity index (χ1n) is 3.33. The smallest absolute Gasteiger partial charge is 0.324 e. The van der Waals surface area contributed by atoms with E-state index < -0.39 is 19.5 Å². The Morgan fingerprint density at radius 1 is 1.46 bits per heavy atom. The Bertz CT molecular complexity index is 347. The molecule has 70 valence electrons. The van der Waals surface area contributed by atoms with Crippen LogP contribution >= 0.6 is 7.60 Å². The van der Waals surface area contributed by atoms with Crippen molar-refractivity contribution in [2.75, 3.05) is 6.16 Å². The standard InChI is InChI=1S/C6H7N2O4P/c9-6(4-13(10,11)12)5-1-2-7-8-3-5/h1-3H,4H2,(H2,10,11,12). The maximum atomic E-state index is 11.1. The summed E-state index contributed by atoms with van der Waals surface area (Å²) in [6.07, 6.45) is 1.66. The number of carbonyl (C=O) groups excluding carboxylic acids is 1. The Morgan fingerprint density at radius 3 is 2.62 bits per heavy atom. The number of hydrogen-bond donors (Lipinski definition) is 2. The van der Waals surface area contributed by atoms with E-state index in [-0.39, 0.29) is 5.56 Å².